The number of nitrogens with zero attached hydrogens (tertiary/aromatic N) is 7. The number of amides is 4. The van der Waals surface area contributed by atoms with E-state index in [1.807, 2.05) is 30.9 Å². The Labute approximate surface area is 596 Å². The van der Waals surface area contributed by atoms with Gasteiger partial charge in [0.1, 0.15) is 52.8 Å². The number of anilines is 1. The van der Waals surface area contributed by atoms with Crippen molar-refractivity contribution in [1.82, 2.24) is 29.6 Å². The van der Waals surface area contributed by atoms with E-state index in [9.17, 15) is 59.1 Å². The molecule has 4 amide bonds. The maximum absolute atomic E-state index is 16.8. The number of piperazine rings is 2. The fourth-order valence-electron chi connectivity index (χ4n) is 15.6. The number of aliphatic hydroxyl groups is 4. The molecule has 1 aliphatic carbocycles. The molecule has 101 heavy (non-hydrogen) atoms. The van der Waals surface area contributed by atoms with Gasteiger partial charge < -0.3 is 69.0 Å². The lowest BCUT2D eigenvalue weighted by molar-refractivity contribution is -0.302. The first-order valence-electron chi connectivity index (χ1n) is 35.5. The van der Waals surface area contributed by atoms with Crippen LogP contribution in [0.2, 0.25) is 5.02 Å². The van der Waals surface area contributed by atoms with Gasteiger partial charge >= 0.3 is 5.97 Å². The van der Waals surface area contributed by atoms with Crippen LogP contribution in [0.15, 0.2) is 60.2 Å². The molecule has 0 unspecified atom stereocenters. The van der Waals surface area contributed by atoms with Crippen molar-refractivity contribution in [3.8, 4) is 16.9 Å². The quantitative estimate of drug-likeness (QED) is 0.0390. The van der Waals surface area contributed by atoms with Gasteiger partial charge in [-0.3, -0.25) is 28.8 Å². The van der Waals surface area contributed by atoms with Crippen molar-refractivity contribution in [3.05, 3.63) is 82.7 Å². The van der Waals surface area contributed by atoms with Crippen molar-refractivity contribution in [1.29, 1.82) is 0 Å². The highest BCUT2D eigenvalue weighted by atomic mass is 35.5. The number of aromatic nitrogens is 2. The summed E-state index contributed by atoms with van der Waals surface area (Å²) < 4.78 is 56.7. The number of esters is 1. The van der Waals surface area contributed by atoms with Gasteiger partial charge in [0.25, 0.3) is 11.7 Å². The summed E-state index contributed by atoms with van der Waals surface area (Å²) in [5.74, 6) is -11.8. The third kappa shape index (κ3) is 18.6. The molecule has 5 fully saturated rings. The average Bonchev–Trinajstić information content (AvgIpc) is 1.06. The number of Topliss-reactive ketones (excluding diaryl/α,β-unsaturated/α-hetero) is 2. The molecule has 556 valence electrons. The number of aromatic hydroxyl groups is 1. The minimum atomic E-state index is -2.61. The fraction of sp³-hybridized carbons (Fsp3) is 0.640. The molecular weight excluding hydrogens is 1330 g/mol. The highest BCUT2D eigenvalue weighted by Gasteiger charge is 2.57. The third-order valence-electron chi connectivity index (χ3n) is 21.5. The molecule has 6 heterocycles. The number of piperidine rings is 1. The molecule has 23 nitrogen and oxygen atoms in total. The van der Waals surface area contributed by atoms with Crippen LogP contribution in [0.25, 0.3) is 22.0 Å². The topological polar surface area (TPSA) is 300 Å². The normalized spacial score (nSPS) is 30.0. The Hall–Kier alpha value is -6.84. The molecular formula is C75H104ClF2N7O16. The number of carbonyl (C=O) groups is 7. The molecule has 5 N–H and O–H groups in total. The molecule has 4 saturated heterocycles. The molecule has 14 atom stereocenters. The van der Waals surface area contributed by atoms with Crippen molar-refractivity contribution < 1.29 is 86.8 Å². The predicted octanol–water partition coefficient (Wildman–Crippen LogP) is 8.24. The van der Waals surface area contributed by atoms with Gasteiger partial charge in [0, 0.05) is 140 Å². The number of methoxy groups -OCH3 is 2. The maximum atomic E-state index is 16.8. The van der Waals surface area contributed by atoms with Gasteiger partial charge in [0.05, 0.1) is 35.0 Å². The first-order valence-corrected chi connectivity index (χ1v) is 35.8. The highest BCUT2D eigenvalue weighted by molar-refractivity contribution is 6.39. The van der Waals surface area contributed by atoms with Crippen LogP contribution in [-0.2, 0) is 58.9 Å². The summed E-state index contributed by atoms with van der Waals surface area (Å²) in [6, 6.07) is 3.77. The van der Waals surface area contributed by atoms with Crippen molar-refractivity contribution in [2.75, 3.05) is 84.6 Å². The van der Waals surface area contributed by atoms with Crippen molar-refractivity contribution >= 4 is 69.5 Å². The third-order valence-corrected chi connectivity index (χ3v) is 21.8. The van der Waals surface area contributed by atoms with Crippen molar-refractivity contribution in [3.63, 3.8) is 0 Å². The second-order valence-corrected chi connectivity index (χ2v) is 28.9. The minimum absolute atomic E-state index is 0. The smallest absolute Gasteiger partial charge is 0.329 e. The van der Waals surface area contributed by atoms with E-state index in [-0.39, 0.29) is 167 Å². The number of phenolic OH excluding ortho intramolecular Hbond substituents is 1. The number of aliphatic hydroxyl groups excluding tert-OH is 3. The number of fused-ring (bicyclic) bond motifs is 4. The van der Waals surface area contributed by atoms with Gasteiger partial charge in [-0.25, -0.2) is 23.5 Å². The number of allylic oxidation sites excluding steroid dienone is 3. The number of aryl methyl sites for hydroxylation is 1. The molecule has 2 aromatic carbocycles. The molecule has 0 radical (unpaired) electrons. The Balaban J connectivity index is 0.0000130. The van der Waals surface area contributed by atoms with Gasteiger partial charge in [0.2, 0.25) is 23.5 Å². The van der Waals surface area contributed by atoms with Crippen LogP contribution in [0.1, 0.15) is 144 Å². The van der Waals surface area contributed by atoms with Gasteiger partial charge in [0.15, 0.2) is 5.82 Å². The Morgan fingerprint density at radius 1 is 0.832 bits per heavy atom. The summed E-state index contributed by atoms with van der Waals surface area (Å²) in [4.78, 5) is 116. The Bertz CT molecular complexity index is 3530. The number of ether oxygens (including phenoxy) is 4. The monoisotopic (exact) mass is 1430 g/mol. The summed E-state index contributed by atoms with van der Waals surface area (Å²) in [6.45, 7) is 14.6. The van der Waals surface area contributed by atoms with Crippen molar-refractivity contribution in [2.24, 2.45) is 35.5 Å². The van der Waals surface area contributed by atoms with Crippen molar-refractivity contribution in [2.45, 2.75) is 193 Å². The van der Waals surface area contributed by atoms with Crippen LogP contribution >= 0.6 is 11.6 Å². The van der Waals surface area contributed by atoms with Crippen LogP contribution < -0.4 is 4.90 Å². The van der Waals surface area contributed by atoms with Crippen LogP contribution in [0, 0.1) is 47.1 Å². The number of phenols is 1. The second-order valence-electron chi connectivity index (χ2n) is 28.5. The average molecular weight is 1430 g/mol. The largest absolute Gasteiger partial charge is 0.507 e. The lowest BCUT2D eigenvalue weighted by atomic mass is 9.78. The maximum Gasteiger partial charge on any atom is 0.329 e. The number of rotatable bonds is 16. The summed E-state index contributed by atoms with van der Waals surface area (Å²) >= 11 is 6.67. The number of cyclic esters (lactones) is 1. The number of hydrogen-bond donors (Lipinski definition) is 5. The predicted molar refractivity (Wildman–Crippen MR) is 375 cm³/mol. The zero-order valence-electron chi connectivity index (χ0n) is 58.6. The van der Waals surface area contributed by atoms with E-state index in [1.165, 1.54) is 38.5 Å². The minimum Gasteiger partial charge on any atom is -0.507 e. The molecule has 2 bridgehead atoms. The molecule has 26 heteroatoms. The molecule has 3 aromatic rings. The highest BCUT2D eigenvalue weighted by Crippen LogP contribution is 2.44. The van der Waals surface area contributed by atoms with E-state index in [0.29, 0.717) is 88.9 Å². The number of halogens is 3. The number of ketones is 2. The zero-order valence-corrected chi connectivity index (χ0v) is 59.4. The van der Waals surface area contributed by atoms with Gasteiger partial charge in [-0.05, 0) is 133 Å². The standard InChI is InChI=1S/C74H100ClF2N7O16.CH4/c1-9-61(90)80-29-31-83(32-30-80)71-50-39-51(75)64(65-52(76)16-13-18-55(65)87)66(77)67(50)78-60(79-71)19-14-21-63(92)82-27-25-81(26-28-82)62(91)20-12-15-48-34-42(2)33-43(3)35-58(97-7)69-59(98-8)37-45(5)74(96,100-69)70(93)72(94)84-24-11-10-17-53(84)73(95)99-68(46(6)56(88)40-57(48)89)44(4)36-47-22-23-54(86)49(38-47)41-85;/h9,13,16,18,34,36,39,43,45-49,53-54,56,58-59,68-69,85-88,96H,1,10-12,14-15,17,19-33,35,37-38,40-41H2,2-8H3;1H4/b42-34+,44-36+;/t43-,45+,46+,47-,48+,49-,53-,54+,56-,58-,59-,68+,69+,74+;/m0./s1. The van der Waals surface area contributed by atoms with Gasteiger partial charge in [-0.1, -0.05) is 70.2 Å². The Morgan fingerprint density at radius 3 is 2.13 bits per heavy atom. The van der Waals surface area contributed by atoms with Crippen LogP contribution in [0.5, 0.6) is 5.75 Å². The number of hydrogen-bond acceptors (Lipinski definition) is 19. The molecule has 1 saturated carbocycles. The fourth-order valence-corrected chi connectivity index (χ4v) is 15.9. The van der Waals surface area contributed by atoms with E-state index in [2.05, 4.69) is 11.6 Å². The molecule has 9 rings (SSSR count). The van der Waals surface area contributed by atoms with Crippen LogP contribution in [0.3, 0.4) is 0 Å². The molecule has 1 aromatic heterocycles. The summed E-state index contributed by atoms with van der Waals surface area (Å²) in [7, 11) is 2.98. The SMILES string of the molecule is C.C=CC(=O)N1CCN(c2nc(CCCC(=O)N3CCN(C(=O)CCC[C@@H]4/C=C(\C)C[C@H](C)C[C@H](OC)[C@H]5O[C@@](O)(C(=O)C(=O)N6CCCC[C@H]6C(=O)O[C@H](/C(C)=C/[C@@H]6CC[C@@H](O)[C@H](CO)C6)[C@H](C)[C@@H](O)CC4=O)[C@H](C)C[C@@H]5OC)CC3)nc3c(F)c(-c4c(O)cccc4F)c(Cl)cc23)CC1. The molecule has 5 aliphatic heterocycles. The molecule has 6 aliphatic rings. The summed E-state index contributed by atoms with van der Waals surface area (Å²) in [6.07, 6.45) is 3.62. The second kappa shape index (κ2) is 35.6. The van der Waals surface area contributed by atoms with E-state index in [0.717, 1.165) is 16.5 Å². The summed E-state index contributed by atoms with van der Waals surface area (Å²) in [5.41, 5.74) is 0.416. The van der Waals surface area contributed by atoms with Gasteiger partial charge in [-0.15, -0.1) is 0 Å². The first kappa shape index (κ1) is 79.9. The Kier molecular flexibility index (Phi) is 28.1. The zero-order chi connectivity index (χ0) is 72.4. The lowest BCUT2D eigenvalue weighted by Crippen LogP contribution is -2.64. The van der Waals surface area contributed by atoms with E-state index in [1.54, 1.807) is 35.5 Å². The first-order chi connectivity index (χ1) is 47.7. The lowest BCUT2D eigenvalue weighted by Gasteiger charge is -2.47. The number of carbonyl (C=O) groups excluding carboxylic acids is 7. The van der Waals surface area contributed by atoms with Crippen LogP contribution in [-0.4, -0.2) is 224 Å². The van der Waals surface area contributed by atoms with E-state index >= 15 is 8.78 Å². The number of benzene rings is 2. The molecule has 0 spiro atoms. The summed E-state index contributed by atoms with van der Waals surface area (Å²) in [5, 5.41) is 56.0. The van der Waals surface area contributed by atoms with Crippen LogP contribution in [0.4, 0.5) is 14.6 Å². The van der Waals surface area contributed by atoms with E-state index < -0.39 is 107 Å². The Morgan fingerprint density at radius 2 is 1.49 bits per heavy atom. The van der Waals surface area contributed by atoms with Gasteiger partial charge in [-0.2, -0.15) is 0 Å². The van der Waals surface area contributed by atoms with E-state index in [4.69, 9.17) is 35.5 Å².